The van der Waals surface area contributed by atoms with E-state index in [1.807, 2.05) is 30.3 Å². The third-order valence-corrected chi connectivity index (χ3v) is 10.2. The lowest BCUT2D eigenvalue weighted by Crippen LogP contribution is -2.67. The molecule has 6 rings (SSSR count). The molecule has 6 nitrogen and oxygen atoms in total. The fraction of sp³-hybridized carbons (Fsp3) is 0.480. The number of carboxylic acid groups (broad SMARTS) is 1. The number of sulfonamides is 1. The maximum absolute atomic E-state index is 13.1. The van der Waals surface area contributed by atoms with Crippen LogP contribution in [0.2, 0.25) is 10.0 Å². The zero-order chi connectivity index (χ0) is 24.0. The van der Waals surface area contributed by atoms with E-state index in [0.29, 0.717) is 16.5 Å². The van der Waals surface area contributed by atoms with Gasteiger partial charge in [0.15, 0.2) is 0 Å². The van der Waals surface area contributed by atoms with Crippen molar-refractivity contribution in [2.45, 2.75) is 67.7 Å². The van der Waals surface area contributed by atoms with Crippen LogP contribution in [0.15, 0.2) is 42.5 Å². The molecule has 0 amide bonds. The van der Waals surface area contributed by atoms with E-state index in [4.69, 9.17) is 23.2 Å². The van der Waals surface area contributed by atoms with Gasteiger partial charge in [-0.15, -0.1) is 0 Å². The number of aliphatic carboxylic acids is 1. The molecule has 0 bridgehead atoms. The summed E-state index contributed by atoms with van der Waals surface area (Å²) in [5.41, 5.74) is 1.85. The van der Waals surface area contributed by atoms with Crippen molar-refractivity contribution >= 4 is 39.2 Å². The number of hydrogen-bond donors (Lipinski definition) is 1. The number of halogens is 2. The van der Waals surface area contributed by atoms with E-state index in [2.05, 4.69) is 4.90 Å². The van der Waals surface area contributed by atoms with Gasteiger partial charge in [-0.3, -0.25) is 9.69 Å². The van der Waals surface area contributed by atoms with Crippen molar-refractivity contribution in [3.8, 4) is 0 Å². The molecule has 34 heavy (non-hydrogen) atoms. The highest BCUT2D eigenvalue weighted by atomic mass is 35.5. The minimum atomic E-state index is -3.44. The van der Waals surface area contributed by atoms with Crippen molar-refractivity contribution < 1.29 is 18.3 Å². The van der Waals surface area contributed by atoms with Gasteiger partial charge in [-0.1, -0.05) is 66.4 Å². The molecule has 3 fully saturated rings. The van der Waals surface area contributed by atoms with Crippen LogP contribution in [0.4, 0.5) is 0 Å². The number of fused-ring (bicyclic) bond motifs is 3. The van der Waals surface area contributed by atoms with E-state index in [0.717, 1.165) is 42.4 Å². The van der Waals surface area contributed by atoms with Gasteiger partial charge in [-0.05, 0) is 48.1 Å². The number of piperazine rings is 1. The number of rotatable bonds is 3. The molecule has 2 heterocycles. The second kappa shape index (κ2) is 7.68. The number of carbonyl (C=O) groups is 1. The second-order valence-electron chi connectivity index (χ2n) is 10.1. The molecular weight excluding hydrogens is 495 g/mol. The van der Waals surface area contributed by atoms with Gasteiger partial charge in [0.1, 0.15) is 5.92 Å². The Balaban J connectivity index is 1.64. The van der Waals surface area contributed by atoms with Crippen LogP contribution in [0.1, 0.15) is 60.8 Å². The van der Waals surface area contributed by atoms with Gasteiger partial charge in [-0.2, -0.15) is 4.31 Å². The molecule has 180 valence electrons. The summed E-state index contributed by atoms with van der Waals surface area (Å²) in [6.07, 6.45) is 5.51. The summed E-state index contributed by atoms with van der Waals surface area (Å²) in [6.45, 7) is 0. The highest BCUT2D eigenvalue weighted by Gasteiger charge is 2.74. The molecule has 2 aliphatic heterocycles. The summed E-state index contributed by atoms with van der Waals surface area (Å²) in [5, 5.41) is 11.5. The van der Waals surface area contributed by atoms with Crippen LogP contribution in [-0.2, 0) is 20.4 Å². The Labute approximate surface area is 209 Å². The van der Waals surface area contributed by atoms with Gasteiger partial charge < -0.3 is 5.11 Å². The highest BCUT2D eigenvalue weighted by Crippen LogP contribution is 2.68. The summed E-state index contributed by atoms with van der Waals surface area (Å²) in [4.78, 5) is 15.2. The van der Waals surface area contributed by atoms with Gasteiger partial charge in [0.05, 0.1) is 17.8 Å². The van der Waals surface area contributed by atoms with Gasteiger partial charge in [0.25, 0.3) is 0 Å². The molecule has 0 aromatic heterocycles. The summed E-state index contributed by atoms with van der Waals surface area (Å²) in [7, 11) is -3.44. The van der Waals surface area contributed by atoms with Crippen molar-refractivity contribution in [3.63, 3.8) is 0 Å². The van der Waals surface area contributed by atoms with E-state index in [1.165, 1.54) is 6.26 Å². The summed E-state index contributed by atoms with van der Waals surface area (Å²) < 4.78 is 27.9. The minimum absolute atomic E-state index is 0.0887. The van der Waals surface area contributed by atoms with E-state index < -0.39 is 33.5 Å². The van der Waals surface area contributed by atoms with Crippen LogP contribution in [0.5, 0.6) is 0 Å². The van der Waals surface area contributed by atoms with Gasteiger partial charge in [-0.25, -0.2) is 8.42 Å². The average molecular weight is 521 g/mol. The zero-order valence-electron chi connectivity index (χ0n) is 18.7. The number of nitrogens with zero attached hydrogens (tertiary/aromatic N) is 2. The molecule has 1 N–H and O–H groups in total. The minimum Gasteiger partial charge on any atom is -0.481 e. The van der Waals surface area contributed by atoms with E-state index >= 15 is 0 Å². The van der Waals surface area contributed by atoms with Crippen molar-refractivity contribution in [3.05, 3.63) is 69.2 Å². The monoisotopic (exact) mass is 520 g/mol. The quantitative estimate of drug-likeness (QED) is 0.630. The molecule has 1 saturated heterocycles. The molecule has 9 heteroatoms. The third kappa shape index (κ3) is 3.07. The maximum Gasteiger partial charge on any atom is 0.312 e. The predicted octanol–water partition coefficient (Wildman–Crippen LogP) is 4.77. The normalized spacial score (nSPS) is 35.0. The number of benzene rings is 2. The lowest BCUT2D eigenvalue weighted by Gasteiger charge is -2.58. The van der Waals surface area contributed by atoms with E-state index in [9.17, 15) is 18.3 Å². The summed E-state index contributed by atoms with van der Waals surface area (Å²) in [6, 6.07) is 11.9. The SMILES string of the molecule is CS(=O)(=O)N1C2CC23c2ccccc2[C@@H](C(=O)O)[C@H](c2ccc(Cl)cc2Cl)N3[C@H]2CCCC[C@@H]21. The molecule has 4 aliphatic rings. The van der Waals surface area contributed by atoms with E-state index in [1.54, 1.807) is 16.4 Å². The molecule has 2 aromatic carbocycles. The fourth-order valence-corrected chi connectivity index (χ4v) is 9.22. The van der Waals surface area contributed by atoms with Crippen molar-refractivity contribution in [1.29, 1.82) is 0 Å². The Morgan fingerprint density at radius 3 is 2.44 bits per heavy atom. The Hall–Kier alpha value is -1.64. The molecule has 1 spiro atoms. The van der Waals surface area contributed by atoms with Gasteiger partial charge in [0.2, 0.25) is 10.0 Å². The highest BCUT2D eigenvalue weighted by molar-refractivity contribution is 7.88. The smallest absolute Gasteiger partial charge is 0.312 e. The Morgan fingerprint density at radius 2 is 1.76 bits per heavy atom. The maximum atomic E-state index is 13.1. The first-order valence-electron chi connectivity index (χ1n) is 11.7. The zero-order valence-corrected chi connectivity index (χ0v) is 21.0. The standard InChI is InChI=1S/C25H26Cl2N2O4S/c1-34(32,33)29-20-9-5-4-8-19(20)28-23(16-11-10-14(26)12-18(16)27)22(24(30)31)15-6-2-3-7-17(15)25(28)13-21(25)29/h2-3,6-7,10-12,19-23H,4-5,8-9,13H2,1H3,(H,30,31)/t19-,20-,21?,22+,23-,25?/m0/s1. The van der Waals surface area contributed by atoms with Crippen LogP contribution >= 0.6 is 23.2 Å². The lowest BCUT2D eigenvalue weighted by atomic mass is 9.72. The number of carboxylic acids is 1. The molecular formula is C25H26Cl2N2O4S. The molecule has 0 radical (unpaired) electrons. The first-order valence-corrected chi connectivity index (χ1v) is 14.3. The predicted molar refractivity (Wildman–Crippen MR) is 131 cm³/mol. The summed E-state index contributed by atoms with van der Waals surface area (Å²) >= 11 is 12.9. The molecule has 6 atom stereocenters. The van der Waals surface area contributed by atoms with Crippen LogP contribution in [0.3, 0.4) is 0 Å². The Kier molecular flexibility index (Phi) is 5.15. The first-order chi connectivity index (χ1) is 16.2. The number of hydrogen-bond acceptors (Lipinski definition) is 4. The van der Waals surface area contributed by atoms with E-state index in [-0.39, 0.29) is 18.1 Å². The second-order valence-corrected chi connectivity index (χ2v) is 12.8. The fourth-order valence-electron chi connectivity index (χ4n) is 7.25. The largest absolute Gasteiger partial charge is 0.481 e. The van der Waals surface area contributed by atoms with Crippen LogP contribution < -0.4 is 0 Å². The molecule has 2 saturated carbocycles. The van der Waals surface area contributed by atoms with Gasteiger partial charge in [0, 0.05) is 28.2 Å². The van der Waals surface area contributed by atoms with Crippen molar-refractivity contribution in [2.75, 3.05) is 6.26 Å². The third-order valence-electron chi connectivity index (χ3n) is 8.35. The molecule has 2 aliphatic carbocycles. The Morgan fingerprint density at radius 1 is 1.06 bits per heavy atom. The summed E-state index contributed by atoms with van der Waals surface area (Å²) in [5.74, 6) is -1.73. The Bertz CT molecular complexity index is 1300. The topological polar surface area (TPSA) is 77.9 Å². The van der Waals surface area contributed by atoms with Crippen LogP contribution in [-0.4, -0.2) is 53.1 Å². The first kappa shape index (κ1) is 22.8. The van der Waals surface area contributed by atoms with Crippen LogP contribution in [0.25, 0.3) is 0 Å². The average Bonchev–Trinajstić information content (AvgIpc) is 3.50. The van der Waals surface area contributed by atoms with Crippen LogP contribution in [0, 0.1) is 0 Å². The van der Waals surface area contributed by atoms with Gasteiger partial charge >= 0.3 is 5.97 Å². The molecule has 2 aromatic rings. The van der Waals surface area contributed by atoms with Crippen molar-refractivity contribution in [1.82, 2.24) is 9.21 Å². The van der Waals surface area contributed by atoms with Crippen molar-refractivity contribution in [2.24, 2.45) is 0 Å². The lowest BCUT2D eigenvalue weighted by molar-refractivity contribution is -0.145. The molecule has 2 unspecified atom stereocenters.